The van der Waals surface area contributed by atoms with Gasteiger partial charge in [-0.3, -0.25) is 0 Å². The summed E-state index contributed by atoms with van der Waals surface area (Å²) in [6.07, 6.45) is -32.9. The van der Waals surface area contributed by atoms with Crippen molar-refractivity contribution in [3.63, 3.8) is 0 Å². The zero-order chi connectivity index (χ0) is 80.8. The van der Waals surface area contributed by atoms with E-state index in [1.54, 1.807) is 42.2 Å². The molecule has 5 aromatic rings. The molecular weight excluding hydrogens is 1480 g/mol. The fourth-order valence-corrected chi connectivity index (χ4v) is 14.4. The van der Waals surface area contributed by atoms with Crippen LogP contribution in [0.3, 0.4) is 0 Å². The van der Waals surface area contributed by atoms with Crippen molar-refractivity contribution >= 4 is 12.1 Å². The van der Waals surface area contributed by atoms with Crippen LogP contribution in [0.15, 0.2) is 152 Å². The second-order valence-electron chi connectivity index (χ2n) is 29.3. The number of benzene rings is 5. The summed E-state index contributed by atoms with van der Waals surface area (Å²) in [6, 6.07) is 47.7. The molecule has 30 atom stereocenters. The third kappa shape index (κ3) is 23.4. The molecule has 32 nitrogen and oxygen atoms in total. The quantitative estimate of drug-likeness (QED) is 0.0264. The third-order valence-corrected chi connectivity index (χ3v) is 21.5. The monoisotopic (exact) mass is 1590 g/mol. The number of nitrogens with two attached hydrogens (primary N) is 1. The first-order valence-corrected chi connectivity index (χ1v) is 38.4. The van der Waals surface area contributed by atoms with Crippen molar-refractivity contribution in [3.8, 4) is 0 Å². The summed E-state index contributed by atoms with van der Waals surface area (Å²) in [5.74, 6) is -2.10. The zero-order valence-corrected chi connectivity index (χ0v) is 63.9. The summed E-state index contributed by atoms with van der Waals surface area (Å²) in [5.41, 5.74) is 9.53. The SMILES string of the molecule is CC1[C@@H](O[C@H]2C(COCc3ccccc3)O[C@H](OCCN(Cc3ccccc3)C(=O)OCc3ccccc3)C(C)[C@H]2C)OC(COCc2ccccc2)[C@@H](O[C@@H]2OC(CO)[C@@H](O)[C@H](C)C2OC(=O)c2ccccc2)[C@@H]1C.NCCO[C@H]1OC(CO)[C@H](O[C@H]2OC(CO)[C@@H](O[C@@H]3OC(CO)[C@@H](O)[C@H](O)C3O)[C@H](O)C2O)[C@H](O)C1O. The molecule has 6 saturated heterocycles. The van der Waals surface area contributed by atoms with Crippen molar-refractivity contribution in [3.05, 3.63) is 179 Å². The van der Waals surface area contributed by atoms with Gasteiger partial charge in [-0.1, -0.05) is 174 Å². The summed E-state index contributed by atoms with van der Waals surface area (Å²) in [5, 5.41) is 123. The van der Waals surface area contributed by atoms with Crippen LogP contribution in [-0.4, -0.2) is 298 Å². The van der Waals surface area contributed by atoms with Crippen molar-refractivity contribution in [2.75, 3.05) is 65.9 Å². The molecule has 0 aromatic heterocycles. The zero-order valence-electron chi connectivity index (χ0n) is 63.9. The summed E-state index contributed by atoms with van der Waals surface area (Å²) in [6.45, 7) is 9.27. The normalized spacial score (nSPS) is 36.0. The van der Waals surface area contributed by atoms with Gasteiger partial charge in [-0.25, -0.2) is 9.59 Å². The Morgan fingerprint density at radius 3 is 1.27 bits per heavy atom. The maximum atomic E-state index is 13.6. The summed E-state index contributed by atoms with van der Waals surface area (Å²) in [4.78, 5) is 28.8. The van der Waals surface area contributed by atoms with E-state index in [2.05, 4.69) is 20.8 Å². The van der Waals surface area contributed by atoms with E-state index in [9.17, 15) is 70.9 Å². The van der Waals surface area contributed by atoms with Crippen molar-refractivity contribution in [1.82, 2.24) is 4.90 Å². The number of aliphatic hydroxyl groups is 12. The molecule has 113 heavy (non-hydrogen) atoms. The van der Waals surface area contributed by atoms with E-state index < -0.39 is 198 Å². The molecule has 6 aliphatic heterocycles. The lowest BCUT2D eigenvalue weighted by molar-refractivity contribution is -0.379. The van der Waals surface area contributed by atoms with Crippen molar-refractivity contribution in [2.45, 2.75) is 215 Å². The smallest absolute Gasteiger partial charge is 0.410 e. The first-order valence-electron chi connectivity index (χ1n) is 38.4. The fraction of sp³-hybridized carbons (Fsp3) is 0.605. The minimum atomic E-state index is -1.90. The number of carbonyl (C=O) groups is 2. The van der Waals surface area contributed by atoms with Gasteiger partial charge in [0, 0.05) is 37.4 Å². The second kappa shape index (κ2) is 43.8. The van der Waals surface area contributed by atoms with Crippen molar-refractivity contribution < 1.29 is 147 Å². The molecule has 6 aliphatic rings. The van der Waals surface area contributed by atoms with Gasteiger partial charge in [0.2, 0.25) is 0 Å². The van der Waals surface area contributed by atoms with Gasteiger partial charge in [0.05, 0.1) is 89.9 Å². The Bertz CT molecular complexity index is 3540. The van der Waals surface area contributed by atoms with Gasteiger partial charge in [0.15, 0.2) is 43.8 Å². The van der Waals surface area contributed by atoms with Crippen LogP contribution in [0.25, 0.3) is 0 Å². The van der Waals surface area contributed by atoms with Gasteiger partial charge >= 0.3 is 12.1 Å². The highest BCUT2D eigenvalue weighted by Gasteiger charge is 2.56. The number of rotatable bonds is 33. The lowest BCUT2D eigenvalue weighted by Crippen LogP contribution is -2.66. The lowest BCUT2D eigenvalue weighted by Gasteiger charge is -2.50. The topological polar surface area (TPSA) is 454 Å². The number of carbonyl (C=O) groups excluding carboxylic acids is 2. The Balaban J connectivity index is 0.000000306. The number of hydrogen-bond donors (Lipinski definition) is 13. The van der Waals surface area contributed by atoms with Crippen LogP contribution in [0, 0.1) is 29.6 Å². The van der Waals surface area contributed by atoms with Gasteiger partial charge in [0.1, 0.15) is 98.2 Å². The van der Waals surface area contributed by atoms with Crippen LogP contribution in [-0.2, 0) is 102 Å². The average Bonchev–Trinajstić information content (AvgIpc) is 0.780. The predicted molar refractivity (Wildman–Crippen MR) is 396 cm³/mol. The van der Waals surface area contributed by atoms with E-state index in [4.69, 9.17) is 81.5 Å². The van der Waals surface area contributed by atoms with Crippen LogP contribution in [0.4, 0.5) is 4.79 Å². The Morgan fingerprint density at radius 2 is 0.761 bits per heavy atom. The second-order valence-corrected chi connectivity index (χ2v) is 29.3. The number of aliphatic hydroxyl groups excluding tert-OH is 12. The van der Waals surface area contributed by atoms with E-state index in [1.807, 2.05) is 128 Å². The molecule has 0 saturated carbocycles. The largest absolute Gasteiger partial charge is 0.453 e. The van der Waals surface area contributed by atoms with E-state index in [0.29, 0.717) is 25.3 Å². The van der Waals surface area contributed by atoms with Crippen LogP contribution in [0.1, 0.15) is 67.2 Å². The number of amides is 1. The van der Waals surface area contributed by atoms with Crippen LogP contribution < -0.4 is 5.73 Å². The molecular formula is C81H112N2O30. The Morgan fingerprint density at radius 1 is 0.372 bits per heavy atom. The lowest BCUT2D eigenvalue weighted by atomic mass is 9.82. The highest BCUT2D eigenvalue weighted by molar-refractivity contribution is 5.89. The van der Waals surface area contributed by atoms with Gasteiger partial charge in [-0.2, -0.15) is 0 Å². The molecule has 626 valence electrons. The third-order valence-electron chi connectivity index (χ3n) is 21.5. The molecule has 11 rings (SSSR count). The van der Waals surface area contributed by atoms with Crippen molar-refractivity contribution in [2.24, 2.45) is 35.3 Å². The Hall–Kier alpha value is -6.24. The predicted octanol–water partition coefficient (Wildman–Crippen LogP) is 1.39. The maximum Gasteiger partial charge on any atom is 0.410 e. The number of hydrogen-bond acceptors (Lipinski definition) is 31. The van der Waals surface area contributed by atoms with Crippen LogP contribution in [0.5, 0.6) is 0 Å². The Labute approximate surface area is 656 Å². The minimum absolute atomic E-state index is 0.0111. The van der Waals surface area contributed by atoms with E-state index in [1.165, 1.54) is 0 Å². The molecule has 12 unspecified atom stereocenters. The molecule has 6 fully saturated rings. The Kier molecular flexibility index (Phi) is 34.6. The van der Waals surface area contributed by atoms with Crippen molar-refractivity contribution in [1.29, 1.82) is 0 Å². The summed E-state index contributed by atoms with van der Waals surface area (Å²) < 4.78 is 97.7. The van der Waals surface area contributed by atoms with Gasteiger partial charge in [-0.05, 0) is 46.2 Å². The van der Waals surface area contributed by atoms with Gasteiger partial charge in [-0.15, -0.1) is 0 Å². The highest BCUT2D eigenvalue weighted by Crippen LogP contribution is 2.42. The molecule has 0 spiro atoms. The minimum Gasteiger partial charge on any atom is -0.453 e. The van der Waals surface area contributed by atoms with Crippen LogP contribution in [0.2, 0.25) is 0 Å². The fourth-order valence-electron chi connectivity index (χ4n) is 14.4. The summed E-state index contributed by atoms with van der Waals surface area (Å²) >= 11 is 0. The molecule has 0 aliphatic carbocycles. The first-order chi connectivity index (χ1) is 54.6. The average molecular weight is 1590 g/mol. The molecule has 14 N–H and O–H groups in total. The molecule has 5 aromatic carbocycles. The van der Waals surface area contributed by atoms with E-state index in [-0.39, 0.29) is 69.8 Å². The molecule has 32 heteroatoms. The molecule has 0 radical (unpaired) electrons. The van der Waals surface area contributed by atoms with E-state index in [0.717, 1.165) is 22.3 Å². The highest BCUT2D eigenvalue weighted by atomic mass is 16.8. The number of ether oxygens (including phenoxy) is 16. The van der Waals surface area contributed by atoms with Gasteiger partial charge in [0.25, 0.3) is 0 Å². The standard InChI is InChI=1S/C61H75NO14.C20H37NO16/c1-40-42(3)58(69-32-31-62(33-45-21-11-6-12-22-45)61(66)70-37-48-27-17-9-18-28-48)72-51(38-67-35-46-23-13-7-14-24-46)54(40)75-59-43(4)41(2)55(52(73-59)39-68-36-47-25-15-8-16-26-47)76-60-56(44(5)53(64)50(34-63)71-60)74-57(65)49-29-19-10-20-30-49;21-1-2-32-18-14(30)11(27)16(7(4-23)34-18)37-20-15(31)12(28)17(8(5-24)35-20)36-19-13(29)10(26)9(25)6(3-22)33-19/h6-30,40-44,50-56,58-60,63-64H,31-39H2,1-5H3;6-20,22-31H,1-5,21H2/t40-,41-,42?,43?,44+,50?,51?,52?,53+,54-,55+,56?,58+,59-,60+;6?,7?,8?,9-,10+,11-,12-,13?,14?,15?,16+,17-,18+,19+,20-/m11/s1. The maximum absolute atomic E-state index is 13.6. The molecule has 0 bridgehead atoms. The number of nitrogens with zero attached hydrogens (tertiary/aromatic N) is 1. The van der Waals surface area contributed by atoms with Crippen LogP contribution >= 0.6 is 0 Å². The number of esters is 1. The molecule has 6 heterocycles. The molecule has 1 amide bonds. The van der Waals surface area contributed by atoms with Gasteiger partial charge < -0.3 is 148 Å². The first kappa shape index (κ1) is 89.1. The summed E-state index contributed by atoms with van der Waals surface area (Å²) in [7, 11) is 0. The van der Waals surface area contributed by atoms with E-state index >= 15 is 0 Å².